The van der Waals surface area contributed by atoms with Crippen molar-refractivity contribution in [2.75, 3.05) is 6.54 Å². The lowest BCUT2D eigenvalue weighted by atomic mass is 10.0. The van der Waals surface area contributed by atoms with Gasteiger partial charge in [-0.3, -0.25) is 0 Å². The van der Waals surface area contributed by atoms with Crippen molar-refractivity contribution in [3.63, 3.8) is 0 Å². The molecule has 0 heterocycles. The molecule has 0 radical (unpaired) electrons. The SMILES string of the molecule is Cl.NCCCC[C@H](N)c1ccccc1OC(F)F. The number of hydrogen-bond donors (Lipinski definition) is 2. The number of hydrogen-bond acceptors (Lipinski definition) is 3. The van der Waals surface area contributed by atoms with E-state index in [0.29, 0.717) is 18.5 Å². The lowest BCUT2D eigenvalue weighted by Crippen LogP contribution is -2.14. The summed E-state index contributed by atoms with van der Waals surface area (Å²) in [6, 6.07) is 6.33. The third-order valence-corrected chi connectivity index (χ3v) is 2.50. The van der Waals surface area contributed by atoms with Gasteiger partial charge in [-0.15, -0.1) is 12.4 Å². The van der Waals surface area contributed by atoms with E-state index in [9.17, 15) is 8.78 Å². The van der Waals surface area contributed by atoms with Gasteiger partial charge in [0.1, 0.15) is 5.75 Å². The van der Waals surface area contributed by atoms with E-state index in [0.717, 1.165) is 12.8 Å². The highest BCUT2D eigenvalue weighted by Crippen LogP contribution is 2.27. The van der Waals surface area contributed by atoms with Crippen LogP contribution in [0.3, 0.4) is 0 Å². The fraction of sp³-hybridized carbons (Fsp3) is 0.500. The van der Waals surface area contributed by atoms with Crippen molar-refractivity contribution in [1.82, 2.24) is 0 Å². The molecule has 1 aromatic rings. The van der Waals surface area contributed by atoms with E-state index in [1.54, 1.807) is 18.2 Å². The zero-order valence-corrected chi connectivity index (χ0v) is 10.8. The summed E-state index contributed by atoms with van der Waals surface area (Å²) in [6.45, 7) is -2.21. The molecular formula is C12H19ClF2N2O. The van der Waals surface area contributed by atoms with Gasteiger partial charge in [0.2, 0.25) is 0 Å². The first-order chi connectivity index (χ1) is 8.15. The minimum atomic E-state index is -2.83. The van der Waals surface area contributed by atoms with Gasteiger partial charge in [0, 0.05) is 11.6 Å². The molecule has 0 saturated carbocycles. The van der Waals surface area contributed by atoms with Crippen molar-refractivity contribution in [3.05, 3.63) is 29.8 Å². The van der Waals surface area contributed by atoms with Gasteiger partial charge in [0.25, 0.3) is 0 Å². The maximum absolute atomic E-state index is 12.2. The van der Waals surface area contributed by atoms with Gasteiger partial charge in [-0.2, -0.15) is 8.78 Å². The number of para-hydroxylation sites is 1. The van der Waals surface area contributed by atoms with Crippen LogP contribution in [0.1, 0.15) is 30.9 Å². The number of ether oxygens (including phenoxy) is 1. The van der Waals surface area contributed by atoms with Crippen LogP contribution in [-0.2, 0) is 0 Å². The molecule has 4 N–H and O–H groups in total. The highest BCUT2D eigenvalue weighted by molar-refractivity contribution is 5.85. The van der Waals surface area contributed by atoms with Crippen LogP contribution in [0.2, 0.25) is 0 Å². The number of halogens is 3. The Morgan fingerprint density at radius 3 is 2.44 bits per heavy atom. The Balaban J connectivity index is 0.00000289. The Labute approximate surface area is 112 Å². The fourth-order valence-corrected chi connectivity index (χ4v) is 1.65. The highest BCUT2D eigenvalue weighted by Gasteiger charge is 2.14. The second-order valence-electron chi connectivity index (χ2n) is 3.81. The third-order valence-electron chi connectivity index (χ3n) is 2.50. The van der Waals surface area contributed by atoms with E-state index >= 15 is 0 Å². The molecule has 1 aromatic carbocycles. The summed E-state index contributed by atoms with van der Waals surface area (Å²) in [4.78, 5) is 0. The van der Waals surface area contributed by atoms with Gasteiger partial charge in [0.15, 0.2) is 0 Å². The Hall–Kier alpha value is -0.910. The van der Waals surface area contributed by atoms with Gasteiger partial charge in [-0.05, 0) is 25.5 Å². The number of nitrogens with two attached hydrogens (primary N) is 2. The Morgan fingerprint density at radius 2 is 1.83 bits per heavy atom. The lowest BCUT2D eigenvalue weighted by Gasteiger charge is -2.16. The van der Waals surface area contributed by atoms with E-state index in [2.05, 4.69) is 4.74 Å². The minimum Gasteiger partial charge on any atom is -0.434 e. The van der Waals surface area contributed by atoms with E-state index in [-0.39, 0.29) is 24.2 Å². The normalized spacial score (nSPS) is 12.1. The molecule has 3 nitrogen and oxygen atoms in total. The van der Waals surface area contributed by atoms with Gasteiger partial charge < -0.3 is 16.2 Å². The molecule has 0 aliphatic rings. The van der Waals surface area contributed by atoms with Crippen LogP contribution in [0.15, 0.2) is 24.3 Å². The lowest BCUT2D eigenvalue weighted by molar-refractivity contribution is -0.0506. The summed E-state index contributed by atoms with van der Waals surface area (Å²) in [5, 5.41) is 0. The van der Waals surface area contributed by atoms with Gasteiger partial charge in [-0.25, -0.2) is 0 Å². The molecule has 0 aromatic heterocycles. The first kappa shape index (κ1) is 17.1. The molecule has 1 rings (SSSR count). The van der Waals surface area contributed by atoms with Crippen molar-refractivity contribution >= 4 is 12.4 Å². The summed E-state index contributed by atoms with van der Waals surface area (Å²) in [5.74, 6) is 0.155. The average Bonchev–Trinajstić information content (AvgIpc) is 2.29. The summed E-state index contributed by atoms with van der Waals surface area (Å²) in [6.07, 6.45) is 2.47. The Bertz CT molecular complexity index is 340. The van der Waals surface area contributed by atoms with E-state index in [1.165, 1.54) is 6.07 Å². The monoisotopic (exact) mass is 280 g/mol. The highest BCUT2D eigenvalue weighted by atomic mass is 35.5. The van der Waals surface area contributed by atoms with E-state index < -0.39 is 6.61 Å². The van der Waals surface area contributed by atoms with E-state index in [4.69, 9.17) is 11.5 Å². The molecule has 0 amide bonds. The first-order valence-corrected chi connectivity index (χ1v) is 5.64. The average molecular weight is 281 g/mol. The Morgan fingerprint density at radius 1 is 1.17 bits per heavy atom. The number of alkyl halides is 2. The van der Waals surface area contributed by atoms with Crippen LogP contribution in [0.5, 0.6) is 5.75 Å². The van der Waals surface area contributed by atoms with Crippen molar-refractivity contribution < 1.29 is 13.5 Å². The molecule has 0 aliphatic carbocycles. The fourth-order valence-electron chi connectivity index (χ4n) is 1.65. The quantitative estimate of drug-likeness (QED) is 0.755. The van der Waals surface area contributed by atoms with Crippen LogP contribution >= 0.6 is 12.4 Å². The maximum Gasteiger partial charge on any atom is 0.387 e. The number of benzene rings is 1. The zero-order valence-electron chi connectivity index (χ0n) is 10.0. The summed E-state index contributed by atoms with van der Waals surface area (Å²) < 4.78 is 28.8. The zero-order chi connectivity index (χ0) is 12.7. The number of unbranched alkanes of at least 4 members (excludes halogenated alkanes) is 1. The molecule has 0 fully saturated rings. The molecular weight excluding hydrogens is 262 g/mol. The second-order valence-corrected chi connectivity index (χ2v) is 3.81. The number of rotatable bonds is 7. The van der Waals surface area contributed by atoms with Crippen LogP contribution in [0.4, 0.5) is 8.78 Å². The molecule has 1 atom stereocenters. The molecule has 18 heavy (non-hydrogen) atoms. The van der Waals surface area contributed by atoms with Crippen molar-refractivity contribution in [2.45, 2.75) is 31.9 Å². The molecule has 6 heteroatoms. The van der Waals surface area contributed by atoms with Crippen molar-refractivity contribution in [3.8, 4) is 5.75 Å². The standard InChI is InChI=1S/C12H18F2N2O.ClH/c13-12(14)17-11-7-2-1-5-9(11)10(16)6-3-4-8-15;/h1-2,5,7,10,12H,3-4,6,8,15-16H2;1H/t10-;/m0./s1. The topological polar surface area (TPSA) is 61.3 Å². The van der Waals surface area contributed by atoms with Crippen LogP contribution in [0, 0.1) is 0 Å². The molecule has 0 aliphatic heterocycles. The smallest absolute Gasteiger partial charge is 0.387 e. The van der Waals surface area contributed by atoms with Gasteiger partial charge in [0.05, 0.1) is 0 Å². The third kappa shape index (κ3) is 5.62. The largest absolute Gasteiger partial charge is 0.434 e. The van der Waals surface area contributed by atoms with Gasteiger partial charge >= 0.3 is 6.61 Å². The van der Waals surface area contributed by atoms with Crippen molar-refractivity contribution in [2.24, 2.45) is 11.5 Å². The van der Waals surface area contributed by atoms with Crippen molar-refractivity contribution in [1.29, 1.82) is 0 Å². The summed E-state index contributed by atoms with van der Waals surface area (Å²) in [5.41, 5.74) is 11.9. The minimum absolute atomic E-state index is 0. The summed E-state index contributed by atoms with van der Waals surface area (Å²) in [7, 11) is 0. The predicted molar refractivity (Wildman–Crippen MR) is 70.2 cm³/mol. The first-order valence-electron chi connectivity index (χ1n) is 5.64. The van der Waals surface area contributed by atoms with Crippen LogP contribution in [0.25, 0.3) is 0 Å². The summed E-state index contributed by atoms with van der Waals surface area (Å²) >= 11 is 0. The van der Waals surface area contributed by atoms with Crippen LogP contribution < -0.4 is 16.2 Å². The maximum atomic E-state index is 12.2. The predicted octanol–water partition coefficient (Wildman–Crippen LogP) is 2.84. The molecule has 0 saturated heterocycles. The van der Waals surface area contributed by atoms with E-state index in [1.807, 2.05) is 0 Å². The Kier molecular flexibility index (Phi) is 8.62. The molecule has 104 valence electrons. The second kappa shape index (κ2) is 9.08. The molecule has 0 bridgehead atoms. The molecule has 0 spiro atoms. The van der Waals surface area contributed by atoms with Crippen LogP contribution in [-0.4, -0.2) is 13.2 Å². The molecule has 0 unspecified atom stereocenters. The van der Waals surface area contributed by atoms with Gasteiger partial charge in [-0.1, -0.05) is 24.6 Å².